The second-order valence-electron chi connectivity index (χ2n) is 2.88. The Labute approximate surface area is 75.6 Å². The molecule has 0 saturated heterocycles. The second-order valence-corrected chi connectivity index (χ2v) is 2.88. The molecule has 1 aliphatic rings. The number of fused-ring (bicyclic) bond motifs is 1. The van der Waals surface area contributed by atoms with Gasteiger partial charge in [0.15, 0.2) is 6.10 Å². The van der Waals surface area contributed by atoms with Crippen LogP contribution in [0.5, 0.6) is 0 Å². The van der Waals surface area contributed by atoms with Crippen molar-refractivity contribution in [1.82, 2.24) is 0 Å². The molecule has 3 heteroatoms. The van der Waals surface area contributed by atoms with Gasteiger partial charge in [0.1, 0.15) is 0 Å². The number of hydrogen-bond donors (Lipinski definition) is 1. The van der Waals surface area contributed by atoms with Crippen LogP contribution in [-0.4, -0.2) is 21.7 Å². The van der Waals surface area contributed by atoms with Gasteiger partial charge in [0, 0.05) is 0 Å². The molecule has 1 aromatic carbocycles. The van der Waals surface area contributed by atoms with Gasteiger partial charge in [0.2, 0.25) is 0 Å². The van der Waals surface area contributed by atoms with E-state index >= 15 is 0 Å². The van der Waals surface area contributed by atoms with Crippen LogP contribution in [0.2, 0.25) is 0 Å². The minimum atomic E-state index is -0.806. The summed E-state index contributed by atoms with van der Waals surface area (Å²) in [6.45, 7) is 0. The minimum Gasteiger partial charge on any atom is -0.377 e. The molecule has 0 heterocycles. The zero-order chi connectivity index (χ0) is 9.26. The van der Waals surface area contributed by atoms with E-state index in [1.54, 1.807) is 6.08 Å². The van der Waals surface area contributed by atoms with Crippen molar-refractivity contribution in [3.8, 4) is 0 Å². The molecule has 0 radical (unpaired) electrons. The van der Waals surface area contributed by atoms with E-state index in [0.717, 1.165) is 11.1 Å². The van der Waals surface area contributed by atoms with Gasteiger partial charge in [-0.05, 0) is 17.7 Å². The predicted molar refractivity (Wildman–Crippen MR) is 49.2 cm³/mol. The fourth-order valence-corrected chi connectivity index (χ4v) is 1.43. The lowest BCUT2D eigenvalue weighted by atomic mass is 9.94. The summed E-state index contributed by atoms with van der Waals surface area (Å²) in [4.78, 5) is 3.09. The number of aliphatic hydroxyl groups excluding tert-OH is 1. The molecule has 64 valence electrons. The number of rotatable bonds is 0. The van der Waals surface area contributed by atoms with E-state index in [9.17, 15) is 5.11 Å². The van der Waals surface area contributed by atoms with Gasteiger partial charge in [-0.15, -0.1) is 0 Å². The molecule has 1 aromatic rings. The zero-order valence-corrected chi connectivity index (χ0v) is 6.88. The van der Waals surface area contributed by atoms with Crippen LogP contribution in [-0.2, 0) is 0 Å². The van der Waals surface area contributed by atoms with Crippen LogP contribution < -0.4 is 0 Å². The fourth-order valence-electron chi connectivity index (χ4n) is 1.43. The largest absolute Gasteiger partial charge is 0.377 e. The molecule has 0 aliphatic heterocycles. The summed E-state index contributed by atoms with van der Waals surface area (Å²) in [6, 6.07) is 7.46. The van der Waals surface area contributed by atoms with E-state index in [0.29, 0.717) is 5.71 Å². The lowest BCUT2D eigenvalue weighted by Crippen LogP contribution is -2.23. The molecule has 0 amide bonds. The average molecular weight is 172 g/mol. The smallest absolute Gasteiger partial charge is 0.331 e. The van der Waals surface area contributed by atoms with Crippen molar-refractivity contribution in [3.05, 3.63) is 47.0 Å². The quantitative estimate of drug-likeness (QED) is 0.462. The van der Waals surface area contributed by atoms with Gasteiger partial charge in [-0.2, -0.15) is 4.79 Å². The normalized spacial score (nSPS) is 19.5. The summed E-state index contributed by atoms with van der Waals surface area (Å²) in [6.07, 6.45) is 2.60. The minimum absolute atomic E-state index is 0.304. The highest BCUT2D eigenvalue weighted by molar-refractivity contribution is 6.06. The Morgan fingerprint density at radius 3 is 2.85 bits per heavy atom. The lowest BCUT2D eigenvalue weighted by molar-refractivity contribution is -0.0158. The zero-order valence-electron chi connectivity index (χ0n) is 6.88. The first-order chi connectivity index (χ1) is 6.33. The molecule has 0 bridgehead atoms. The first-order valence-corrected chi connectivity index (χ1v) is 4.00. The first kappa shape index (κ1) is 7.92. The fraction of sp³-hybridized carbons (Fsp3) is 0.100. The summed E-state index contributed by atoms with van der Waals surface area (Å²) in [5.41, 5.74) is 10.7. The Morgan fingerprint density at radius 2 is 2.08 bits per heavy atom. The van der Waals surface area contributed by atoms with Crippen molar-refractivity contribution >= 4 is 11.8 Å². The summed E-state index contributed by atoms with van der Waals surface area (Å²) in [7, 11) is 0. The van der Waals surface area contributed by atoms with Gasteiger partial charge in [-0.25, -0.2) is 0 Å². The Kier molecular flexibility index (Phi) is 1.81. The number of aliphatic hydroxyl groups is 1. The molecule has 0 spiro atoms. The lowest BCUT2D eigenvalue weighted by Gasteiger charge is -2.09. The van der Waals surface area contributed by atoms with Gasteiger partial charge in [0.25, 0.3) is 0 Å². The molecule has 2 rings (SSSR count). The van der Waals surface area contributed by atoms with E-state index in [1.807, 2.05) is 30.3 Å². The van der Waals surface area contributed by atoms with Crippen molar-refractivity contribution in [3.63, 3.8) is 0 Å². The Morgan fingerprint density at radius 1 is 1.31 bits per heavy atom. The van der Waals surface area contributed by atoms with Gasteiger partial charge in [-0.1, -0.05) is 24.3 Å². The summed E-state index contributed by atoms with van der Waals surface area (Å²) >= 11 is 0. The third-order valence-corrected chi connectivity index (χ3v) is 2.08. The van der Waals surface area contributed by atoms with E-state index < -0.39 is 6.10 Å². The SMILES string of the molecule is [N-]=[N+]=C1c2ccccc2C=CC1O. The van der Waals surface area contributed by atoms with Crippen LogP contribution in [0.1, 0.15) is 11.1 Å². The van der Waals surface area contributed by atoms with Crippen molar-refractivity contribution in [2.24, 2.45) is 0 Å². The van der Waals surface area contributed by atoms with Crippen molar-refractivity contribution < 1.29 is 9.90 Å². The summed E-state index contributed by atoms with van der Waals surface area (Å²) in [5, 5.41) is 9.44. The number of nitrogens with zero attached hydrogens (tertiary/aromatic N) is 2. The van der Waals surface area contributed by atoms with Crippen LogP contribution in [0.4, 0.5) is 0 Å². The predicted octanol–water partition coefficient (Wildman–Crippen LogP) is 1.09. The van der Waals surface area contributed by atoms with Crippen LogP contribution in [0.3, 0.4) is 0 Å². The summed E-state index contributed by atoms with van der Waals surface area (Å²) < 4.78 is 0. The monoisotopic (exact) mass is 172 g/mol. The van der Waals surface area contributed by atoms with E-state index in [1.165, 1.54) is 0 Å². The number of benzene rings is 1. The van der Waals surface area contributed by atoms with Crippen molar-refractivity contribution in [1.29, 1.82) is 0 Å². The molecular weight excluding hydrogens is 164 g/mol. The molecular formula is C10H8N2O. The van der Waals surface area contributed by atoms with Crippen LogP contribution in [0.15, 0.2) is 30.3 Å². The highest BCUT2D eigenvalue weighted by Gasteiger charge is 2.25. The molecule has 1 atom stereocenters. The molecule has 3 nitrogen and oxygen atoms in total. The molecule has 0 fully saturated rings. The highest BCUT2D eigenvalue weighted by Crippen LogP contribution is 2.18. The van der Waals surface area contributed by atoms with Crippen molar-refractivity contribution in [2.45, 2.75) is 6.10 Å². The first-order valence-electron chi connectivity index (χ1n) is 4.00. The molecule has 0 saturated carbocycles. The molecule has 1 aliphatic carbocycles. The van der Waals surface area contributed by atoms with Crippen LogP contribution in [0, 0.1) is 0 Å². The average Bonchev–Trinajstić information content (AvgIpc) is 2.18. The van der Waals surface area contributed by atoms with Crippen LogP contribution in [0.25, 0.3) is 11.6 Å². The van der Waals surface area contributed by atoms with E-state index in [-0.39, 0.29) is 0 Å². The Balaban J connectivity index is 2.67. The summed E-state index contributed by atoms with van der Waals surface area (Å²) in [5.74, 6) is 0. The maximum atomic E-state index is 9.44. The topological polar surface area (TPSA) is 56.6 Å². The Bertz CT molecular complexity index is 417. The molecule has 1 unspecified atom stereocenters. The standard InChI is InChI=1S/C10H8N2O/c11-12-10-8-4-2-1-3-7(8)5-6-9(10)13/h1-6,9,13H. The number of hydrogen-bond acceptors (Lipinski definition) is 1. The molecule has 1 N–H and O–H groups in total. The second kappa shape index (κ2) is 2.98. The third kappa shape index (κ3) is 1.20. The van der Waals surface area contributed by atoms with Gasteiger partial charge in [-0.3, -0.25) is 0 Å². The van der Waals surface area contributed by atoms with Gasteiger partial charge >= 0.3 is 5.71 Å². The van der Waals surface area contributed by atoms with E-state index in [4.69, 9.17) is 5.53 Å². The highest BCUT2D eigenvalue weighted by atomic mass is 16.3. The van der Waals surface area contributed by atoms with Crippen molar-refractivity contribution in [2.75, 3.05) is 0 Å². The molecule has 13 heavy (non-hydrogen) atoms. The third-order valence-electron chi connectivity index (χ3n) is 2.08. The maximum absolute atomic E-state index is 9.44. The molecule has 0 aromatic heterocycles. The van der Waals surface area contributed by atoms with E-state index in [2.05, 4.69) is 4.79 Å². The maximum Gasteiger partial charge on any atom is 0.331 e. The van der Waals surface area contributed by atoms with Gasteiger partial charge in [0.05, 0.1) is 5.56 Å². The van der Waals surface area contributed by atoms with Crippen LogP contribution >= 0.6 is 0 Å². The Hall–Kier alpha value is -1.70. The van der Waals surface area contributed by atoms with Gasteiger partial charge < -0.3 is 10.6 Å².